The summed E-state index contributed by atoms with van der Waals surface area (Å²) in [5.41, 5.74) is 1.69. The van der Waals surface area contributed by atoms with E-state index < -0.39 is 0 Å². The van der Waals surface area contributed by atoms with Crippen molar-refractivity contribution in [3.63, 3.8) is 0 Å². The van der Waals surface area contributed by atoms with Crippen molar-refractivity contribution in [1.29, 1.82) is 0 Å². The summed E-state index contributed by atoms with van der Waals surface area (Å²) in [7, 11) is 0. The average molecular weight is 191 g/mol. The van der Waals surface area contributed by atoms with Crippen molar-refractivity contribution in [2.24, 2.45) is 0 Å². The molecule has 0 atom stereocenters. The van der Waals surface area contributed by atoms with Crippen LogP contribution in [0.4, 0.5) is 0 Å². The fourth-order valence-electron chi connectivity index (χ4n) is 1.00. The van der Waals surface area contributed by atoms with Gasteiger partial charge in [-0.15, -0.1) is 0 Å². The van der Waals surface area contributed by atoms with Crippen molar-refractivity contribution in [1.82, 2.24) is 4.98 Å². The predicted octanol–water partition coefficient (Wildman–Crippen LogP) is 1.97. The second-order valence-electron chi connectivity index (χ2n) is 2.79. The molecule has 0 aliphatic rings. The highest BCUT2D eigenvalue weighted by molar-refractivity contribution is 5.86. The maximum Gasteiger partial charge on any atom is 0.330 e. The van der Waals surface area contributed by atoms with Crippen molar-refractivity contribution in [2.75, 3.05) is 6.61 Å². The zero-order valence-corrected chi connectivity index (χ0v) is 8.36. The Balaban J connectivity index is 2.64. The minimum atomic E-state index is -0.337. The normalized spacial score (nSPS) is 10.4. The lowest BCUT2D eigenvalue weighted by Gasteiger charge is -1.96. The molecular formula is C11H13NO2. The molecule has 3 heteroatoms. The minimum absolute atomic E-state index is 0.337. The Morgan fingerprint density at radius 1 is 1.57 bits per heavy atom. The molecule has 0 spiro atoms. The highest BCUT2D eigenvalue weighted by Crippen LogP contribution is 2.00. The highest BCUT2D eigenvalue weighted by Gasteiger charge is 1.94. The molecule has 0 aromatic carbocycles. The third kappa shape index (κ3) is 3.39. The number of hydrogen-bond donors (Lipinski definition) is 0. The van der Waals surface area contributed by atoms with Gasteiger partial charge in [0.15, 0.2) is 0 Å². The molecule has 0 amide bonds. The molecule has 0 aliphatic carbocycles. The number of rotatable bonds is 3. The number of aryl methyl sites for hydroxylation is 1. The van der Waals surface area contributed by atoms with Crippen LogP contribution in [0.5, 0.6) is 0 Å². The molecule has 0 unspecified atom stereocenters. The molecular weight excluding hydrogens is 178 g/mol. The second kappa shape index (κ2) is 5.17. The van der Waals surface area contributed by atoms with E-state index in [4.69, 9.17) is 4.74 Å². The van der Waals surface area contributed by atoms with E-state index in [1.54, 1.807) is 13.0 Å². The van der Waals surface area contributed by atoms with Crippen LogP contribution in [0, 0.1) is 6.92 Å². The summed E-state index contributed by atoms with van der Waals surface area (Å²) in [6, 6.07) is 5.64. The van der Waals surface area contributed by atoms with Gasteiger partial charge in [0, 0.05) is 11.8 Å². The summed E-state index contributed by atoms with van der Waals surface area (Å²) >= 11 is 0. The van der Waals surface area contributed by atoms with Gasteiger partial charge in [0.2, 0.25) is 0 Å². The van der Waals surface area contributed by atoms with Gasteiger partial charge < -0.3 is 4.74 Å². The molecule has 0 radical (unpaired) electrons. The first-order valence-corrected chi connectivity index (χ1v) is 4.51. The standard InChI is InChI=1S/C11H13NO2/c1-3-14-11(13)8-7-10-6-4-5-9(2)12-10/h4-8H,3H2,1-2H3/b8-7-. The van der Waals surface area contributed by atoms with Crippen molar-refractivity contribution < 1.29 is 9.53 Å². The van der Waals surface area contributed by atoms with Crippen LogP contribution in [0.3, 0.4) is 0 Å². The molecule has 1 heterocycles. The lowest BCUT2D eigenvalue weighted by atomic mass is 10.3. The van der Waals surface area contributed by atoms with Gasteiger partial charge in [-0.05, 0) is 32.1 Å². The van der Waals surface area contributed by atoms with E-state index in [9.17, 15) is 4.79 Å². The van der Waals surface area contributed by atoms with Crippen LogP contribution < -0.4 is 0 Å². The van der Waals surface area contributed by atoms with Gasteiger partial charge in [-0.2, -0.15) is 0 Å². The number of carbonyl (C=O) groups is 1. The Kier molecular flexibility index (Phi) is 3.85. The van der Waals surface area contributed by atoms with Crippen molar-refractivity contribution in [2.45, 2.75) is 13.8 Å². The van der Waals surface area contributed by atoms with Gasteiger partial charge in [-0.3, -0.25) is 4.98 Å². The average Bonchev–Trinajstić information content (AvgIpc) is 2.15. The molecule has 1 aromatic heterocycles. The molecule has 0 N–H and O–H groups in total. The van der Waals surface area contributed by atoms with E-state index in [-0.39, 0.29) is 5.97 Å². The molecule has 3 nitrogen and oxygen atoms in total. The largest absolute Gasteiger partial charge is 0.463 e. The van der Waals surface area contributed by atoms with E-state index in [1.807, 2.05) is 25.1 Å². The number of ether oxygens (including phenoxy) is 1. The maximum absolute atomic E-state index is 11.0. The van der Waals surface area contributed by atoms with Crippen LogP contribution in [0.1, 0.15) is 18.3 Å². The number of hydrogen-bond acceptors (Lipinski definition) is 3. The van der Waals surface area contributed by atoms with E-state index in [2.05, 4.69) is 4.98 Å². The fraction of sp³-hybridized carbons (Fsp3) is 0.273. The molecule has 14 heavy (non-hydrogen) atoms. The molecule has 1 aromatic rings. The summed E-state index contributed by atoms with van der Waals surface area (Å²) in [5, 5.41) is 0. The zero-order chi connectivity index (χ0) is 10.4. The minimum Gasteiger partial charge on any atom is -0.463 e. The van der Waals surface area contributed by atoms with Crippen LogP contribution in [0.25, 0.3) is 6.08 Å². The first kappa shape index (κ1) is 10.4. The van der Waals surface area contributed by atoms with Gasteiger partial charge in [0.1, 0.15) is 0 Å². The van der Waals surface area contributed by atoms with Crippen LogP contribution in [0.2, 0.25) is 0 Å². The predicted molar refractivity (Wildman–Crippen MR) is 54.6 cm³/mol. The lowest BCUT2D eigenvalue weighted by Crippen LogP contribution is -1.98. The van der Waals surface area contributed by atoms with E-state index in [1.165, 1.54) is 6.08 Å². The monoisotopic (exact) mass is 191 g/mol. The van der Waals surface area contributed by atoms with Crippen molar-refractivity contribution in [3.8, 4) is 0 Å². The Morgan fingerprint density at radius 2 is 2.36 bits per heavy atom. The first-order valence-electron chi connectivity index (χ1n) is 4.51. The highest BCUT2D eigenvalue weighted by atomic mass is 16.5. The molecule has 0 bridgehead atoms. The van der Waals surface area contributed by atoms with Crippen LogP contribution >= 0.6 is 0 Å². The van der Waals surface area contributed by atoms with Crippen molar-refractivity contribution in [3.05, 3.63) is 35.7 Å². The van der Waals surface area contributed by atoms with Gasteiger partial charge in [-0.1, -0.05) is 6.07 Å². The van der Waals surface area contributed by atoms with E-state index in [0.29, 0.717) is 6.61 Å². The number of aromatic nitrogens is 1. The fourth-order valence-corrected chi connectivity index (χ4v) is 1.00. The molecule has 1 rings (SSSR count). The number of pyridine rings is 1. The molecule has 0 saturated carbocycles. The molecule has 74 valence electrons. The second-order valence-corrected chi connectivity index (χ2v) is 2.79. The topological polar surface area (TPSA) is 39.2 Å². The summed E-state index contributed by atoms with van der Waals surface area (Å²) < 4.78 is 4.74. The smallest absolute Gasteiger partial charge is 0.330 e. The quantitative estimate of drug-likeness (QED) is 0.541. The third-order valence-electron chi connectivity index (χ3n) is 1.59. The Bertz CT molecular complexity index is 345. The van der Waals surface area contributed by atoms with Gasteiger partial charge >= 0.3 is 5.97 Å². The molecule has 0 fully saturated rings. The third-order valence-corrected chi connectivity index (χ3v) is 1.59. The summed E-state index contributed by atoms with van der Waals surface area (Å²) in [4.78, 5) is 15.2. The number of nitrogens with zero attached hydrogens (tertiary/aromatic N) is 1. The molecule has 0 saturated heterocycles. The van der Waals surface area contributed by atoms with Gasteiger partial charge in [0.25, 0.3) is 0 Å². The lowest BCUT2D eigenvalue weighted by molar-refractivity contribution is -0.137. The summed E-state index contributed by atoms with van der Waals surface area (Å²) in [6.45, 7) is 4.07. The van der Waals surface area contributed by atoms with Crippen molar-refractivity contribution >= 4 is 12.0 Å². The Hall–Kier alpha value is -1.64. The number of esters is 1. The summed E-state index contributed by atoms with van der Waals surface area (Å²) in [5.74, 6) is -0.337. The summed E-state index contributed by atoms with van der Waals surface area (Å²) in [6.07, 6.45) is 3.02. The van der Waals surface area contributed by atoms with E-state index in [0.717, 1.165) is 11.4 Å². The van der Waals surface area contributed by atoms with Crippen LogP contribution in [-0.2, 0) is 9.53 Å². The first-order chi connectivity index (χ1) is 6.72. The molecule has 0 aliphatic heterocycles. The Labute approximate surface area is 83.4 Å². The van der Waals surface area contributed by atoms with Crippen LogP contribution in [-0.4, -0.2) is 17.6 Å². The van der Waals surface area contributed by atoms with Crippen LogP contribution in [0.15, 0.2) is 24.3 Å². The zero-order valence-electron chi connectivity index (χ0n) is 8.36. The van der Waals surface area contributed by atoms with Gasteiger partial charge in [0.05, 0.1) is 12.3 Å². The number of carbonyl (C=O) groups excluding carboxylic acids is 1. The maximum atomic E-state index is 11.0. The van der Waals surface area contributed by atoms with Gasteiger partial charge in [-0.25, -0.2) is 4.79 Å². The SMILES string of the molecule is CCOC(=O)/C=C\c1cccc(C)n1. The van der Waals surface area contributed by atoms with E-state index >= 15 is 0 Å². The Morgan fingerprint density at radius 3 is 3.00 bits per heavy atom.